The van der Waals surface area contributed by atoms with E-state index in [4.69, 9.17) is 5.26 Å². The van der Waals surface area contributed by atoms with E-state index in [0.29, 0.717) is 4.32 Å². The maximum Gasteiger partial charge on any atom is 0.0587 e. The summed E-state index contributed by atoms with van der Waals surface area (Å²) in [5, 5.41) is 7.32. The first-order valence-corrected chi connectivity index (χ1v) is 9.68. The summed E-state index contributed by atoms with van der Waals surface area (Å²) in [6.45, 7) is 3.60. The molecule has 1 saturated carbocycles. The fraction of sp³-hybridized carbons (Fsp3) is 0.409. The minimum atomic E-state index is 0.307. The van der Waals surface area contributed by atoms with Crippen LogP contribution < -0.4 is 0 Å². The number of alkyl halides is 1. The van der Waals surface area contributed by atoms with Gasteiger partial charge in [-0.05, 0) is 56.0 Å². The molecular weight excluding hydrogens is 372 g/mol. The molecular formula is C22H27BrN2. The number of nitriles is 1. The highest BCUT2D eigenvalue weighted by molar-refractivity contribution is 9.09. The molecule has 0 N–H and O–H groups in total. The van der Waals surface area contributed by atoms with Crippen LogP contribution in [0.15, 0.2) is 54.6 Å². The highest BCUT2D eigenvalue weighted by atomic mass is 79.9. The van der Waals surface area contributed by atoms with E-state index in [2.05, 4.69) is 82.5 Å². The molecule has 0 amide bonds. The predicted molar refractivity (Wildman–Crippen MR) is 109 cm³/mol. The molecule has 2 aromatic carbocycles. The van der Waals surface area contributed by atoms with Gasteiger partial charge in [-0.15, -0.1) is 0 Å². The normalized spacial score (nSPS) is 14.4. The smallest absolute Gasteiger partial charge is 0.0587 e. The Labute approximate surface area is 160 Å². The van der Waals surface area contributed by atoms with Crippen LogP contribution >= 0.6 is 15.9 Å². The van der Waals surface area contributed by atoms with Crippen molar-refractivity contribution >= 4 is 15.9 Å². The molecule has 0 atom stereocenters. The monoisotopic (exact) mass is 398 g/mol. The third kappa shape index (κ3) is 6.65. The molecule has 1 aliphatic rings. The molecule has 1 aliphatic carbocycles. The number of hydrogen-bond donors (Lipinski definition) is 0. The summed E-state index contributed by atoms with van der Waals surface area (Å²) >= 11 is 3.82. The second kappa shape index (κ2) is 9.75. The topological polar surface area (TPSA) is 27.0 Å². The van der Waals surface area contributed by atoms with Gasteiger partial charge in [-0.1, -0.05) is 70.5 Å². The maximum atomic E-state index is 7.32. The molecule has 0 unspecified atom stereocenters. The Balaban J connectivity index is 0.000000701. The average molecular weight is 399 g/mol. The van der Waals surface area contributed by atoms with Crippen LogP contribution in [0.1, 0.15) is 42.9 Å². The summed E-state index contributed by atoms with van der Waals surface area (Å²) in [4.78, 5) is 2.40. The number of rotatable bonds is 7. The summed E-state index contributed by atoms with van der Waals surface area (Å²) < 4.78 is 0.307. The maximum absolute atomic E-state index is 7.32. The van der Waals surface area contributed by atoms with Crippen molar-refractivity contribution in [1.82, 2.24) is 4.90 Å². The first kappa shape index (κ1) is 19.7. The van der Waals surface area contributed by atoms with E-state index in [0.717, 1.165) is 19.5 Å². The van der Waals surface area contributed by atoms with Gasteiger partial charge in [-0.25, -0.2) is 0 Å². The van der Waals surface area contributed by atoms with Crippen molar-refractivity contribution < 1.29 is 0 Å². The van der Waals surface area contributed by atoms with Gasteiger partial charge in [-0.3, -0.25) is 0 Å². The molecule has 0 aromatic heterocycles. The van der Waals surface area contributed by atoms with Crippen LogP contribution in [0.2, 0.25) is 0 Å². The van der Waals surface area contributed by atoms with Crippen molar-refractivity contribution in [2.45, 2.75) is 43.5 Å². The van der Waals surface area contributed by atoms with Gasteiger partial charge < -0.3 is 4.90 Å². The van der Waals surface area contributed by atoms with Gasteiger partial charge in [0.1, 0.15) is 0 Å². The second-order valence-corrected chi connectivity index (χ2v) is 8.23. The number of hydrogen-bond acceptors (Lipinski definition) is 2. The Morgan fingerprint density at radius 3 is 2.20 bits per heavy atom. The minimum absolute atomic E-state index is 0.307. The molecule has 132 valence electrons. The fourth-order valence-corrected chi connectivity index (χ4v) is 3.36. The number of nitrogens with zero attached hydrogens (tertiary/aromatic N) is 2. The van der Waals surface area contributed by atoms with Crippen molar-refractivity contribution in [3.8, 4) is 6.07 Å². The molecule has 0 saturated heterocycles. The lowest BCUT2D eigenvalue weighted by molar-refractivity contribution is 0.322. The van der Waals surface area contributed by atoms with Crippen molar-refractivity contribution in [3.63, 3.8) is 0 Å². The third-order valence-corrected chi connectivity index (χ3v) is 5.71. The van der Waals surface area contributed by atoms with Gasteiger partial charge in [0.25, 0.3) is 0 Å². The van der Waals surface area contributed by atoms with Gasteiger partial charge in [-0.2, -0.15) is 5.26 Å². The molecule has 0 bridgehead atoms. The number of aryl methyl sites for hydroxylation is 1. The third-order valence-electron chi connectivity index (χ3n) is 4.46. The highest BCUT2D eigenvalue weighted by Crippen LogP contribution is 2.53. The molecule has 2 aromatic rings. The molecule has 3 heteroatoms. The van der Waals surface area contributed by atoms with Gasteiger partial charge in [0.15, 0.2) is 0 Å². The second-order valence-electron chi connectivity index (χ2n) is 6.71. The van der Waals surface area contributed by atoms with Crippen LogP contribution in [0.4, 0.5) is 0 Å². The molecule has 0 radical (unpaired) electrons. The number of halogens is 1. The molecule has 2 nitrogen and oxygen atoms in total. The van der Waals surface area contributed by atoms with Crippen molar-refractivity contribution in [2.24, 2.45) is 0 Å². The van der Waals surface area contributed by atoms with Crippen LogP contribution in [0.5, 0.6) is 0 Å². The summed E-state index contributed by atoms with van der Waals surface area (Å²) in [5.41, 5.74) is 4.28. The number of benzene rings is 2. The van der Waals surface area contributed by atoms with Crippen LogP contribution in [0.25, 0.3) is 0 Å². The van der Waals surface area contributed by atoms with Crippen molar-refractivity contribution in [1.29, 1.82) is 5.26 Å². The summed E-state index contributed by atoms with van der Waals surface area (Å²) in [6, 6.07) is 21.6. The van der Waals surface area contributed by atoms with Gasteiger partial charge in [0.05, 0.1) is 10.4 Å². The van der Waals surface area contributed by atoms with E-state index >= 15 is 0 Å². The van der Waals surface area contributed by atoms with E-state index in [1.165, 1.54) is 42.9 Å². The van der Waals surface area contributed by atoms with Gasteiger partial charge in [0.2, 0.25) is 0 Å². The Morgan fingerprint density at radius 1 is 1.04 bits per heavy atom. The zero-order valence-corrected chi connectivity index (χ0v) is 16.8. The molecule has 25 heavy (non-hydrogen) atoms. The zero-order chi connectivity index (χ0) is 18.1. The van der Waals surface area contributed by atoms with Crippen molar-refractivity contribution in [2.75, 3.05) is 13.6 Å². The first-order chi connectivity index (χ1) is 12.1. The zero-order valence-electron chi connectivity index (χ0n) is 15.2. The molecule has 0 aliphatic heterocycles. The van der Waals surface area contributed by atoms with Gasteiger partial charge >= 0.3 is 0 Å². The highest BCUT2D eigenvalue weighted by Gasteiger charge is 2.41. The molecule has 1 fully saturated rings. The van der Waals surface area contributed by atoms with Gasteiger partial charge in [0, 0.05) is 13.5 Å². The summed E-state index contributed by atoms with van der Waals surface area (Å²) in [5.74, 6) is 0. The standard InChI is InChI=1S/C20H24BrN.C2H3N/c1-22(16-18-6-3-2-4-7-18)15-5-8-17-9-11-19(12-10-17)20(21)13-14-20;1-2-3/h2-4,6-7,9-12H,5,8,13-16H2,1H3;1H3. The van der Waals surface area contributed by atoms with E-state index in [1.807, 2.05) is 0 Å². The van der Waals surface area contributed by atoms with E-state index in [1.54, 1.807) is 6.07 Å². The van der Waals surface area contributed by atoms with E-state index < -0.39 is 0 Å². The average Bonchev–Trinajstić information content (AvgIpc) is 3.36. The van der Waals surface area contributed by atoms with Crippen LogP contribution in [0.3, 0.4) is 0 Å². The Bertz CT molecular complexity index is 669. The lowest BCUT2D eigenvalue weighted by atomic mass is 10.0. The SMILES string of the molecule is CC#N.CN(CCCc1ccc(C2(Br)CC2)cc1)Cc1ccccc1. The Kier molecular flexibility index (Phi) is 7.68. The van der Waals surface area contributed by atoms with Crippen LogP contribution in [-0.2, 0) is 17.3 Å². The summed E-state index contributed by atoms with van der Waals surface area (Å²) in [6.07, 6.45) is 4.92. The summed E-state index contributed by atoms with van der Waals surface area (Å²) in [7, 11) is 2.21. The largest absolute Gasteiger partial charge is 0.302 e. The lowest BCUT2D eigenvalue weighted by Crippen LogP contribution is -2.19. The van der Waals surface area contributed by atoms with E-state index in [9.17, 15) is 0 Å². The quantitative estimate of drug-likeness (QED) is 0.562. The molecule has 3 rings (SSSR count). The van der Waals surface area contributed by atoms with E-state index in [-0.39, 0.29) is 0 Å². The first-order valence-electron chi connectivity index (χ1n) is 8.89. The molecule has 0 heterocycles. The minimum Gasteiger partial charge on any atom is -0.302 e. The van der Waals surface area contributed by atoms with Crippen LogP contribution in [-0.4, -0.2) is 18.5 Å². The molecule has 0 spiro atoms. The lowest BCUT2D eigenvalue weighted by Gasteiger charge is -2.16. The van der Waals surface area contributed by atoms with Crippen LogP contribution in [0, 0.1) is 11.3 Å². The Morgan fingerprint density at radius 2 is 1.64 bits per heavy atom. The Hall–Kier alpha value is -1.63. The predicted octanol–water partition coefficient (Wildman–Crippen LogP) is 5.67. The fourth-order valence-electron chi connectivity index (χ4n) is 2.90. The van der Waals surface area contributed by atoms with Crippen molar-refractivity contribution in [3.05, 3.63) is 71.3 Å².